The molecular weight excluding hydrogens is 228 g/mol. The Kier molecular flexibility index (Phi) is 1.14. The largest absolute Gasteiger partial charge is 0.340 e. The summed E-state index contributed by atoms with van der Waals surface area (Å²) < 4.78 is 38.7. The zero-order valence-corrected chi connectivity index (χ0v) is 8.17. The van der Waals surface area contributed by atoms with Crippen molar-refractivity contribution in [3.63, 3.8) is 0 Å². The van der Waals surface area contributed by atoms with E-state index in [1.807, 2.05) is 0 Å². The van der Waals surface area contributed by atoms with Gasteiger partial charge in [-0.3, -0.25) is 0 Å². The smallest absolute Gasteiger partial charge is 0.104 e. The monoisotopic (exact) mass is 241 g/mol. The van der Waals surface area contributed by atoms with Crippen molar-refractivity contribution in [2.45, 2.75) is 0 Å². The number of aromatic nitrogens is 2. The molecule has 0 aliphatic heterocycles. The van der Waals surface area contributed by atoms with Crippen LogP contribution in [0.1, 0.15) is 6.85 Å². The van der Waals surface area contributed by atoms with Crippen LogP contribution in [0.3, 0.4) is 0 Å². The predicted molar refractivity (Wildman–Crippen MR) is 56.3 cm³/mol. The van der Waals surface area contributed by atoms with Crippen LogP contribution in [0.2, 0.25) is 0 Å². The third-order valence-corrected chi connectivity index (χ3v) is 2.13. The van der Waals surface area contributed by atoms with Crippen LogP contribution < -0.4 is 0 Å². The molecule has 0 fully saturated rings. The molecule has 0 saturated heterocycles. The van der Waals surface area contributed by atoms with E-state index in [1.54, 1.807) is 24.3 Å². The minimum Gasteiger partial charge on any atom is -0.340 e. The molecule has 13 heavy (non-hydrogen) atoms. The molecule has 2 aromatic rings. The van der Waals surface area contributed by atoms with Gasteiger partial charge in [-0.25, -0.2) is 4.98 Å². The van der Waals surface area contributed by atoms with E-state index in [0.717, 1.165) is 4.47 Å². The number of benzene rings is 1. The Morgan fingerprint density at radius 1 is 1.46 bits per heavy atom. The van der Waals surface area contributed by atoms with Crippen molar-refractivity contribution in [1.82, 2.24) is 9.55 Å². The van der Waals surface area contributed by atoms with E-state index >= 15 is 0 Å². The van der Waals surface area contributed by atoms with Crippen LogP contribution >= 0.6 is 15.9 Å². The summed E-state index contributed by atoms with van der Waals surface area (Å²) in [5.41, 5.74) is 0.809. The molecule has 0 aliphatic rings. The maximum atomic E-state index is 7.82. The molecule has 0 atom stereocenters. The van der Waals surface area contributed by atoms with Gasteiger partial charge in [0.05, 0.1) is 13.4 Å². The van der Waals surface area contributed by atoms with E-state index in [2.05, 4.69) is 20.9 Å². The van der Waals surface area contributed by atoms with Crippen LogP contribution in [0, 0.1) is 0 Å². The van der Waals surface area contributed by atoms with Gasteiger partial charge in [0.1, 0.15) is 1.37 Å². The summed E-state index contributed by atoms with van der Waals surface area (Å²) in [6.45, 7) is -2.56. The van der Waals surface area contributed by atoms with E-state index < -0.39 is 13.3 Å². The molecule has 0 bridgehead atoms. The number of imidazole rings is 1. The van der Waals surface area contributed by atoms with Crippen LogP contribution in [-0.2, 0) is 6.98 Å². The van der Waals surface area contributed by atoms with Crippen molar-refractivity contribution >= 4 is 15.9 Å². The lowest BCUT2D eigenvalue weighted by Gasteiger charge is -1.95. The quantitative estimate of drug-likeness (QED) is 0.751. The molecule has 2 nitrogen and oxygen atoms in total. The second kappa shape index (κ2) is 3.34. The lowest BCUT2D eigenvalue weighted by atomic mass is 10.2. The topological polar surface area (TPSA) is 17.8 Å². The first-order chi connectivity index (χ1) is 8.30. The first-order valence-electron chi connectivity index (χ1n) is 6.13. The lowest BCUT2D eigenvalue weighted by molar-refractivity contribution is 0.913. The molecule has 1 aromatic heterocycles. The Labute approximate surface area is 92.4 Å². The molecule has 0 saturated carbocycles. The molecule has 0 amide bonds. The van der Waals surface area contributed by atoms with E-state index in [-0.39, 0.29) is 11.9 Å². The van der Waals surface area contributed by atoms with Crippen LogP contribution in [-0.4, -0.2) is 9.55 Å². The molecule has 3 heteroatoms. The van der Waals surface area contributed by atoms with Crippen LogP contribution in [0.5, 0.6) is 0 Å². The van der Waals surface area contributed by atoms with Crippen molar-refractivity contribution in [1.29, 1.82) is 0 Å². The normalized spacial score (nSPS) is 16.8. The molecular formula is C10H9BrN2. The highest BCUT2D eigenvalue weighted by Gasteiger charge is 1.99. The molecule has 0 radical (unpaired) electrons. The Hall–Kier alpha value is -1.09. The van der Waals surface area contributed by atoms with Crippen molar-refractivity contribution < 1.29 is 6.85 Å². The molecule has 66 valence electrons. The molecule has 0 spiro atoms. The Bertz CT molecular complexity index is 573. The van der Waals surface area contributed by atoms with Crippen molar-refractivity contribution in [2.75, 3.05) is 0 Å². The fourth-order valence-corrected chi connectivity index (χ4v) is 1.26. The van der Waals surface area contributed by atoms with Gasteiger partial charge in [0.15, 0.2) is 0 Å². The zero-order valence-electron chi connectivity index (χ0n) is 11.6. The summed E-state index contributed by atoms with van der Waals surface area (Å²) in [7, 11) is 0. The second-order valence-electron chi connectivity index (χ2n) is 2.51. The second-order valence-corrected chi connectivity index (χ2v) is 3.43. The number of hydrogen-bond acceptors (Lipinski definition) is 1. The number of nitrogens with zero attached hydrogens (tertiary/aromatic N) is 2. The van der Waals surface area contributed by atoms with E-state index in [9.17, 15) is 0 Å². The average Bonchev–Trinajstić information content (AvgIpc) is 2.54. The lowest BCUT2D eigenvalue weighted by Crippen LogP contribution is -1.78. The van der Waals surface area contributed by atoms with Crippen molar-refractivity contribution in [3.05, 3.63) is 41.2 Å². The molecule has 2 rings (SSSR count). The van der Waals surface area contributed by atoms with Crippen LogP contribution in [0.4, 0.5) is 0 Å². The maximum absolute atomic E-state index is 7.82. The van der Waals surface area contributed by atoms with Gasteiger partial charge < -0.3 is 4.57 Å². The van der Waals surface area contributed by atoms with Gasteiger partial charge in [-0.15, -0.1) is 0 Å². The number of rotatable bonds is 1. The Balaban J connectivity index is 2.57. The standard InChI is InChI=1S/C10H9BrN2/c1-13-6-10(12-7-13)8-2-4-9(11)5-3-8/h2-7H,1H3/i1D3,6D,7D. The fraction of sp³-hybridized carbons (Fsp3) is 0.100. The van der Waals surface area contributed by atoms with Crippen molar-refractivity contribution in [3.8, 4) is 11.3 Å². The minimum atomic E-state index is -2.56. The van der Waals surface area contributed by atoms with Gasteiger partial charge in [0.2, 0.25) is 0 Å². The van der Waals surface area contributed by atoms with Gasteiger partial charge in [0.25, 0.3) is 0 Å². The molecule has 1 aromatic carbocycles. The Morgan fingerprint density at radius 3 is 2.85 bits per heavy atom. The zero-order chi connectivity index (χ0) is 13.5. The van der Waals surface area contributed by atoms with E-state index in [1.165, 1.54) is 0 Å². The summed E-state index contributed by atoms with van der Waals surface area (Å²) in [6, 6.07) is 6.97. The number of hydrogen-bond donors (Lipinski definition) is 0. The van der Waals surface area contributed by atoms with Gasteiger partial charge in [-0.2, -0.15) is 0 Å². The van der Waals surface area contributed by atoms with E-state index in [4.69, 9.17) is 6.85 Å². The van der Waals surface area contributed by atoms with Crippen LogP contribution in [0.15, 0.2) is 41.2 Å². The third-order valence-electron chi connectivity index (χ3n) is 1.60. The summed E-state index contributed by atoms with van der Waals surface area (Å²) >= 11 is 3.29. The maximum Gasteiger partial charge on any atom is 0.104 e. The summed E-state index contributed by atoms with van der Waals surface area (Å²) in [6.07, 6.45) is -0.708. The highest BCUT2D eigenvalue weighted by molar-refractivity contribution is 9.10. The minimum absolute atomic E-state index is 0.198. The SMILES string of the molecule is [2H]c1nc(-c2ccc(Br)cc2)c([2H])n1C([2H])([2H])[2H]. The third kappa shape index (κ3) is 1.80. The van der Waals surface area contributed by atoms with E-state index in [0.29, 0.717) is 10.1 Å². The number of halogens is 1. The average molecular weight is 242 g/mol. The summed E-state index contributed by atoms with van der Waals surface area (Å²) in [5, 5.41) is 0. The van der Waals surface area contributed by atoms with Gasteiger partial charge in [0, 0.05) is 27.3 Å². The molecule has 0 N–H and O–H groups in total. The fourth-order valence-electron chi connectivity index (χ4n) is 0.993. The van der Waals surface area contributed by atoms with Gasteiger partial charge >= 0.3 is 0 Å². The molecule has 1 heterocycles. The van der Waals surface area contributed by atoms with Crippen LogP contribution in [0.25, 0.3) is 11.3 Å². The van der Waals surface area contributed by atoms with Gasteiger partial charge in [-0.1, -0.05) is 28.1 Å². The highest BCUT2D eigenvalue weighted by Crippen LogP contribution is 2.19. The van der Waals surface area contributed by atoms with Crippen molar-refractivity contribution in [2.24, 2.45) is 6.98 Å². The molecule has 0 unspecified atom stereocenters. The molecule has 0 aliphatic carbocycles. The summed E-state index contributed by atoms with van der Waals surface area (Å²) in [5.74, 6) is 0. The Morgan fingerprint density at radius 2 is 2.23 bits per heavy atom. The first-order valence-corrected chi connectivity index (χ1v) is 4.42. The highest BCUT2D eigenvalue weighted by atomic mass is 79.9. The van der Waals surface area contributed by atoms with Gasteiger partial charge in [-0.05, 0) is 12.1 Å². The first kappa shape index (κ1) is 4.42. The summed E-state index contributed by atoms with van der Waals surface area (Å²) in [4.78, 5) is 3.84. The predicted octanol–water partition coefficient (Wildman–Crippen LogP) is 2.85.